The van der Waals surface area contributed by atoms with Gasteiger partial charge in [-0.3, -0.25) is 0 Å². The number of furan rings is 1. The first-order valence-electron chi connectivity index (χ1n) is 30.2. The maximum Gasteiger partial charge on any atom is 0.239 e. The lowest BCUT2D eigenvalue weighted by molar-refractivity contribution is 0.590. The number of fused-ring (bicyclic) bond motifs is 12. The Balaban J connectivity index is 1.35. The van der Waals surface area contributed by atoms with Crippen molar-refractivity contribution in [1.82, 2.24) is 13.7 Å². The average molecular weight is 1100 g/mol. The average Bonchev–Trinajstić information content (AvgIpc) is 1.61. The fourth-order valence-electron chi connectivity index (χ4n) is 13.2. The molecule has 0 saturated carbocycles. The first kappa shape index (κ1) is 54.9. The second-order valence-corrected chi connectivity index (χ2v) is 30.3. The van der Waals surface area contributed by atoms with Gasteiger partial charge in [-0.25, -0.2) is 4.85 Å². The van der Waals surface area contributed by atoms with E-state index in [-0.39, 0.29) is 32.5 Å². The lowest BCUT2D eigenvalue weighted by Gasteiger charge is -2.24. The van der Waals surface area contributed by atoms with Gasteiger partial charge in [0.2, 0.25) is 5.69 Å². The lowest BCUT2D eigenvalue weighted by atomic mass is 9.85. The third-order valence-electron chi connectivity index (χ3n) is 18.2. The maximum atomic E-state index is 10.1. The zero-order valence-electron chi connectivity index (χ0n) is 52.7. The van der Waals surface area contributed by atoms with Crippen LogP contribution in [0.1, 0.15) is 158 Å². The Bertz CT molecular complexity index is 4720. The molecule has 0 unspecified atom stereocenters. The molecule has 4 heterocycles. The smallest absolute Gasteiger partial charge is 0.239 e. The van der Waals surface area contributed by atoms with Crippen LogP contribution in [-0.4, -0.2) is 13.7 Å². The Kier molecular flexibility index (Phi) is 12.0. The van der Waals surface area contributed by atoms with E-state index in [4.69, 9.17) is 9.26 Å². The van der Waals surface area contributed by atoms with Gasteiger partial charge in [0.25, 0.3) is 0 Å². The van der Waals surface area contributed by atoms with Crippen molar-refractivity contribution in [3.05, 3.63) is 203 Å². The molecule has 0 aliphatic rings. The van der Waals surface area contributed by atoms with Crippen LogP contribution in [-0.2, 0) is 32.5 Å². The number of rotatable bonds is 4. The first-order valence-corrected chi connectivity index (χ1v) is 30.2. The van der Waals surface area contributed by atoms with Gasteiger partial charge in [0, 0.05) is 43.3 Å². The molecule has 0 aliphatic heterocycles. The maximum absolute atomic E-state index is 10.1. The Morgan fingerprint density at radius 1 is 0.310 bits per heavy atom. The van der Waals surface area contributed by atoms with Gasteiger partial charge in [-0.15, -0.1) is 0 Å². The standard InChI is InChI=1S/C79H80N4O/c1-74(2,3)47-28-34-61-55(40-47)56-41-48(75(4,5)6)29-35-62(56)81(61)69-67-54-27-23-26-53(46-24-21-20-22-25-46)72(54)84-73(67)71(83-65-38-32-51(78(13,14)15)44-59(65)60-45-52(79(16,17)18)33-39-66(60)83)68(80-19)70(69)82-63-36-30-49(76(7,8)9)42-57(63)58-43-50(77(10,11)12)31-37-64(58)82/h20-45H,1-18H3. The van der Waals surface area contributed by atoms with Crippen molar-refractivity contribution in [2.45, 2.75) is 157 Å². The molecule has 0 radical (unpaired) electrons. The molecule has 84 heavy (non-hydrogen) atoms. The highest BCUT2D eigenvalue weighted by Crippen LogP contribution is 2.54. The SMILES string of the molecule is [C-]#[N+]c1c(-n2c3ccc(C(C)(C)C)cc3c3cc(C(C)(C)C)ccc32)c(-n2c3ccc(C(C)(C)C)cc3c3cc(C(C)(C)C)ccc32)c2c(oc3c(-c4ccccc4)cccc32)c1-n1c2ccc(C(C)(C)C)cc2c2cc(C(C)(C)C)ccc21. The number of benzene rings is 9. The first-order chi connectivity index (χ1) is 39.4. The molecule has 0 atom stereocenters. The summed E-state index contributed by atoms with van der Waals surface area (Å²) in [6.07, 6.45) is 0. The molecule has 0 amide bonds. The van der Waals surface area contributed by atoms with Crippen LogP contribution >= 0.6 is 0 Å². The Hall–Kier alpha value is -8.33. The van der Waals surface area contributed by atoms with Crippen LogP contribution in [0.25, 0.3) is 120 Å². The minimum atomic E-state index is -0.119. The summed E-state index contributed by atoms with van der Waals surface area (Å²) >= 11 is 0. The summed E-state index contributed by atoms with van der Waals surface area (Å²) in [5, 5.41) is 8.87. The van der Waals surface area contributed by atoms with Crippen LogP contribution in [0.3, 0.4) is 0 Å². The molecule has 5 heteroatoms. The molecule has 0 saturated heterocycles. The van der Waals surface area contributed by atoms with Crippen LogP contribution in [0.2, 0.25) is 0 Å². The van der Waals surface area contributed by atoms with E-state index in [0.717, 1.165) is 99.2 Å². The summed E-state index contributed by atoms with van der Waals surface area (Å²) in [5.74, 6) is 0. The quantitative estimate of drug-likeness (QED) is 0.162. The zero-order valence-corrected chi connectivity index (χ0v) is 52.7. The van der Waals surface area contributed by atoms with Crippen LogP contribution < -0.4 is 0 Å². The lowest BCUT2D eigenvalue weighted by Crippen LogP contribution is -2.11. The zero-order chi connectivity index (χ0) is 59.7. The summed E-state index contributed by atoms with van der Waals surface area (Å²) in [6, 6.07) is 59.6. The van der Waals surface area contributed by atoms with Crippen LogP contribution in [0.5, 0.6) is 0 Å². The van der Waals surface area contributed by atoms with Gasteiger partial charge in [-0.1, -0.05) is 210 Å². The summed E-state index contributed by atoms with van der Waals surface area (Å²) in [6.45, 7) is 51.5. The van der Waals surface area contributed by atoms with Crippen molar-refractivity contribution in [3.63, 3.8) is 0 Å². The molecule has 0 N–H and O–H groups in total. The molecule has 0 fully saturated rings. The third-order valence-corrected chi connectivity index (χ3v) is 18.2. The van der Waals surface area contributed by atoms with Gasteiger partial charge < -0.3 is 18.1 Å². The number of hydrogen-bond acceptors (Lipinski definition) is 1. The Labute approximate surface area is 496 Å². The highest BCUT2D eigenvalue weighted by molar-refractivity contribution is 6.24. The summed E-state index contributed by atoms with van der Waals surface area (Å²) < 4.78 is 15.2. The van der Waals surface area contributed by atoms with E-state index in [1.807, 2.05) is 0 Å². The molecule has 9 aromatic carbocycles. The van der Waals surface area contributed by atoms with Crippen LogP contribution in [0.15, 0.2) is 162 Å². The van der Waals surface area contributed by atoms with E-state index in [9.17, 15) is 6.57 Å². The number of para-hydroxylation sites is 1. The van der Waals surface area contributed by atoms with Crippen molar-refractivity contribution < 1.29 is 4.42 Å². The second kappa shape index (κ2) is 18.3. The largest absolute Gasteiger partial charge is 0.454 e. The molecule has 0 spiro atoms. The highest BCUT2D eigenvalue weighted by atomic mass is 16.3. The van der Waals surface area contributed by atoms with Crippen LogP contribution in [0.4, 0.5) is 5.69 Å². The number of nitrogens with zero attached hydrogens (tertiary/aromatic N) is 4. The predicted octanol–water partition coefficient (Wildman–Crippen LogP) is 22.9. The number of aromatic nitrogens is 3. The van der Waals surface area contributed by atoms with E-state index < -0.39 is 0 Å². The Morgan fingerprint density at radius 2 is 0.619 bits per heavy atom. The fraction of sp³-hybridized carbons (Fsp3) is 0.304. The monoisotopic (exact) mass is 1100 g/mol. The second-order valence-electron chi connectivity index (χ2n) is 30.3. The van der Waals surface area contributed by atoms with Gasteiger partial charge in [0.05, 0.1) is 62.1 Å². The Morgan fingerprint density at radius 3 is 0.929 bits per heavy atom. The molecule has 0 bridgehead atoms. The topological polar surface area (TPSA) is 32.3 Å². The summed E-state index contributed by atoms with van der Waals surface area (Å²) in [7, 11) is 0. The van der Waals surface area contributed by atoms with Crippen molar-refractivity contribution in [2.75, 3.05) is 0 Å². The summed E-state index contributed by atoms with van der Waals surface area (Å²) in [4.78, 5) is 5.00. The third kappa shape index (κ3) is 8.52. The van der Waals surface area contributed by atoms with E-state index in [2.05, 4.69) is 296 Å². The van der Waals surface area contributed by atoms with Gasteiger partial charge >= 0.3 is 0 Å². The molecule has 13 aromatic rings. The molecule has 5 nitrogen and oxygen atoms in total. The minimum Gasteiger partial charge on any atom is -0.454 e. The van der Waals surface area contributed by atoms with Gasteiger partial charge in [0.1, 0.15) is 5.58 Å². The van der Waals surface area contributed by atoms with Crippen molar-refractivity contribution >= 4 is 93.0 Å². The predicted molar refractivity (Wildman–Crippen MR) is 361 cm³/mol. The van der Waals surface area contributed by atoms with E-state index in [1.54, 1.807) is 0 Å². The van der Waals surface area contributed by atoms with E-state index >= 15 is 0 Å². The van der Waals surface area contributed by atoms with Gasteiger partial charge in [0.15, 0.2) is 5.58 Å². The van der Waals surface area contributed by atoms with E-state index in [0.29, 0.717) is 11.3 Å². The van der Waals surface area contributed by atoms with Crippen molar-refractivity contribution in [3.8, 4) is 28.2 Å². The molecule has 422 valence electrons. The van der Waals surface area contributed by atoms with Crippen molar-refractivity contribution in [1.29, 1.82) is 0 Å². The van der Waals surface area contributed by atoms with Crippen LogP contribution in [0, 0.1) is 6.57 Å². The van der Waals surface area contributed by atoms with Crippen molar-refractivity contribution in [2.24, 2.45) is 0 Å². The van der Waals surface area contributed by atoms with E-state index in [1.165, 1.54) is 44.2 Å². The molecule has 4 aromatic heterocycles. The van der Waals surface area contributed by atoms with Gasteiger partial charge in [-0.2, -0.15) is 0 Å². The summed E-state index contributed by atoms with van der Waals surface area (Å²) in [5.41, 5.74) is 19.5. The molecular formula is C79H80N4O. The minimum absolute atomic E-state index is 0.111. The van der Waals surface area contributed by atoms with Gasteiger partial charge in [-0.05, 0) is 144 Å². The number of hydrogen-bond donors (Lipinski definition) is 0. The molecule has 13 rings (SSSR count). The normalized spacial score (nSPS) is 13.3. The molecule has 0 aliphatic carbocycles. The highest BCUT2D eigenvalue weighted by Gasteiger charge is 2.35. The fourth-order valence-corrected chi connectivity index (χ4v) is 13.2. The molecular weight excluding hydrogens is 1020 g/mol.